The Labute approximate surface area is 161 Å². The van der Waals surface area contributed by atoms with Crippen molar-refractivity contribution in [2.24, 2.45) is 5.73 Å². The summed E-state index contributed by atoms with van der Waals surface area (Å²) in [6.45, 7) is 0. The molecule has 1 amide bonds. The number of aromatic nitrogens is 1. The molecule has 0 spiro atoms. The van der Waals surface area contributed by atoms with Crippen LogP contribution in [0.4, 0.5) is 5.13 Å². The van der Waals surface area contributed by atoms with Crippen LogP contribution in [-0.2, 0) is 22.9 Å². The average Bonchev–Trinajstić information content (AvgIpc) is 3.31. The standard InChI is InChI=1S/C19H17N3O3S2/c20-18(23)13-5-7-17(8-6-13)27(24,25)22(19-21-9-10-26-19)16-11-14-3-1-2-4-15(14)12-16/h1-10,16H,11-12H2,(H2,20,23). The summed E-state index contributed by atoms with van der Waals surface area (Å²) in [4.78, 5) is 15.6. The van der Waals surface area contributed by atoms with Gasteiger partial charge in [0.2, 0.25) is 5.91 Å². The third-order valence-electron chi connectivity index (χ3n) is 4.66. The fourth-order valence-electron chi connectivity index (χ4n) is 3.39. The van der Waals surface area contributed by atoms with Crippen molar-refractivity contribution in [1.29, 1.82) is 0 Å². The summed E-state index contributed by atoms with van der Waals surface area (Å²) in [6, 6.07) is 13.4. The Morgan fingerprint density at radius 1 is 1.07 bits per heavy atom. The molecule has 0 saturated heterocycles. The van der Waals surface area contributed by atoms with Crippen molar-refractivity contribution in [2.45, 2.75) is 23.8 Å². The fourth-order valence-corrected chi connectivity index (χ4v) is 5.93. The maximum Gasteiger partial charge on any atom is 0.266 e. The summed E-state index contributed by atoms with van der Waals surface area (Å²) in [5.74, 6) is -0.595. The minimum absolute atomic E-state index is 0.110. The molecule has 0 fully saturated rings. The number of amides is 1. The van der Waals surface area contributed by atoms with Crippen molar-refractivity contribution >= 4 is 32.4 Å². The number of benzene rings is 2. The molecule has 138 valence electrons. The SMILES string of the molecule is NC(=O)c1ccc(S(=O)(=O)N(c2nccs2)C2Cc3ccccc3C2)cc1. The van der Waals surface area contributed by atoms with E-state index < -0.39 is 15.9 Å². The smallest absolute Gasteiger partial charge is 0.266 e. The highest BCUT2D eigenvalue weighted by Crippen LogP contribution is 2.34. The van der Waals surface area contributed by atoms with E-state index in [1.165, 1.54) is 39.9 Å². The second-order valence-corrected chi connectivity index (χ2v) is 9.02. The lowest BCUT2D eigenvalue weighted by molar-refractivity contribution is 0.1000. The molecular weight excluding hydrogens is 382 g/mol. The van der Waals surface area contributed by atoms with E-state index in [4.69, 9.17) is 5.73 Å². The Balaban J connectivity index is 1.74. The number of primary amides is 1. The second-order valence-electron chi connectivity index (χ2n) is 6.33. The maximum absolute atomic E-state index is 13.4. The van der Waals surface area contributed by atoms with Gasteiger partial charge in [-0.1, -0.05) is 24.3 Å². The second kappa shape index (κ2) is 6.79. The molecule has 4 rings (SSSR count). The third-order valence-corrected chi connectivity index (χ3v) is 7.41. The Hall–Kier alpha value is -2.71. The van der Waals surface area contributed by atoms with E-state index in [9.17, 15) is 13.2 Å². The Kier molecular flexibility index (Phi) is 4.45. The molecule has 2 N–H and O–H groups in total. The number of thiazole rings is 1. The molecule has 1 aromatic heterocycles. The normalized spacial score (nSPS) is 14.1. The van der Waals surface area contributed by atoms with E-state index in [0.29, 0.717) is 18.0 Å². The predicted octanol–water partition coefficient (Wildman–Crippen LogP) is 2.60. The van der Waals surface area contributed by atoms with Gasteiger partial charge in [0, 0.05) is 17.1 Å². The van der Waals surface area contributed by atoms with Gasteiger partial charge in [0.1, 0.15) is 0 Å². The van der Waals surface area contributed by atoms with Crippen LogP contribution in [0.15, 0.2) is 65.0 Å². The summed E-state index contributed by atoms with van der Waals surface area (Å²) >= 11 is 1.29. The Bertz CT molecular complexity index is 1050. The van der Waals surface area contributed by atoms with E-state index in [2.05, 4.69) is 4.98 Å². The van der Waals surface area contributed by atoms with Crippen molar-refractivity contribution in [1.82, 2.24) is 4.98 Å². The monoisotopic (exact) mass is 399 g/mol. The van der Waals surface area contributed by atoms with Gasteiger partial charge < -0.3 is 5.73 Å². The molecular formula is C19H17N3O3S2. The number of hydrogen-bond acceptors (Lipinski definition) is 5. The van der Waals surface area contributed by atoms with E-state index in [-0.39, 0.29) is 16.5 Å². The number of sulfonamides is 1. The van der Waals surface area contributed by atoms with Crippen molar-refractivity contribution < 1.29 is 13.2 Å². The van der Waals surface area contributed by atoms with E-state index >= 15 is 0 Å². The number of nitrogens with zero attached hydrogens (tertiary/aromatic N) is 2. The predicted molar refractivity (Wildman–Crippen MR) is 104 cm³/mol. The van der Waals surface area contributed by atoms with Crippen LogP contribution >= 0.6 is 11.3 Å². The maximum atomic E-state index is 13.4. The van der Waals surface area contributed by atoms with Crippen LogP contribution in [0.1, 0.15) is 21.5 Å². The van der Waals surface area contributed by atoms with E-state index in [1.807, 2.05) is 24.3 Å². The van der Waals surface area contributed by atoms with E-state index in [0.717, 1.165) is 11.1 Å². The van der Waals surface area contributed by atoms with Gasteiger partial charge in [0.15, 0.2) is 5.13 Å². The minimum atomic E-state index is -3.84. The van der Waals surface area contributed by atoms with Crippen molar-refractivity contribution in [2.75, 3.05) is 4.31 Å². The Morgan fingerprint density at radius 2 is 1.70 bits per heavy atom. The van der Waals surface area contributed by atoms with Gasteiger partial charge in [-0.3, -0.25) is 4.79 Å². The zero-order valence-electron chi connectivity index (χ0n) is 14.3. The third kappa shape index (κ3) is 3.22. The summed E-state index contributed by atoms with van der Waals surface area (Å²) in [7, 11) is -3.84. The van der Waals surface area contributed by atoms with Crippen molar-refractivity contribution in [3.05, 3.63) is 76.8 Å². The molecule has 0 aliphatic heterocycles. The van der Waals surface area contributed by atoms with E-state index in [1.54, 1.807) is 11.6 Å². The number of nitrogens with two attached hydrogens (primary N) is 1. The van der Waals surface area contributed by atoms with Crippen LogP contribution in [0.25, 0.3) is 0 Å². The zero-order chi connectivity index (χ0) is 19.0. The molecule has 6 nitrogen and oxygen atoms in total. The van der Waals surface area contributed by atoms with Crippen molar-refractivity contribution in [3.8, 4) is 0 Å². The van der Waals surface area contributed by atoms with Gasteiger partial charge in [0.25, 0.3) is 10.0 Å². The molecule has 2 aromatic carbocycles. The fraction of sp³-hybridized carbons (Fsp3) is 0.158. The lowest BCUT2D eigenvalue weighted by Crippen LogP contribution is -2.41. The first-order valence-electron chi connectivity index (χ1n) is 8.37. The first-order chi connectivity index (χ1) is 13.0. The highest BCUT2D eigenvalue weighted by molar-refractivity contribution is 7.93. The number of hydrogen-bond donors (Lipinski definition) is 1. The molecule has 0 atom stereocenters. The quantitative estimate of drug-likeness (QED) is 0.714. The summed E-state index contributed by atoms with van der Waals surface area (Å²) in [6.07, 6.45) is 2.86. The van der Waals surface area contributed by atoms with Crippen LogP contribution < -0.4 is 10.0 Å². The largest absolute Gasteiger partial charge is 0.366 e. The molecule has 8 heteroatoms. The minimum Gasteiger partial charge on any atom is -0.366 e. The highest BCUT2D eigenvalue weighted by Gasteiger charge is 2.37. The molecule has 1 aliphatic carbocycles. The zero-order valence-corrected chi connectivity index (χ0v) is 15.9. The molecule has 0 radical (unpaired) electrons. The van der Waals surface area contributed by atoms with Gasteiger partial charge in [0.05, 0.1) is 10.9 Å². The highest BCUT2D eigenvalue weighted by atomic mass is 32.2. The summed E-state index contributed by atoms with van der Waals surface area (Å²) in [5, 5.41) is 2.20. The number of carbonyl (C=O) groups excluding carboxylic acids is 1. The van der Waals surface area contributed by atoms with Crippen LogP contribution in [0.3, 0.4) is 0 Å². The Morgan fingerprint density at radius 3 is 2.22 bits per heavy atom. The van der Waals surface area contributed by atoms with Crippen molar-refractivity contribution in [3.63, 3.8) is 0 Å². The van der Waals surface area contributed by atoms with Crippen LogP contribution in [-0.4, -0.2) is 25.4 Å². The van der Waals surface area contributed by atoms with Crippen LogP contribution in [0.5, 0.6) is 0 Å². The molecule has 0 unspecified atom stereocenters. The lowest BCUT2D eigenvalue weighted by Gasteiger charge is -2.27. The molecule has 3 aromatic rings. The molecule has 27 heavy (non-hydrogen) atoms. The lowest BCUT2D eigenvalue weighted by atomic mass is 10.1. The number of carbonyl (C=O) groups is 1. The van der Waals surface area contributed by atoms with Crippen LogP contribution in [0.2, 0.25) is 0 Å². The number of anilines is 1. The average molecular weight is 399 g/mol. The van der Waals surface area contributed by atoms with Gasteiger partial charge in [-0.25, -0.2) is 17.7 Å². The summed E-state index contributed by atoms with van der Waals surface area (Å²) in [5.41, 5.74) is 7.83. The van der Waals surface area contributed by atoms with Gasteiger partial charge in [-0.05, 0) is 48.2 Å². The first kappa shape index (κ1) is 17.7. The van der Waals surface area contributed by atoms with Crippen LogP contribution in [0, 0.1) is 0 Å². The van der Waals surface area contributed by atoms with Gasteiger partial charge in [-0.15, -0.1) is 11.3 Å². The first-order valence-corrected chi connectivity index (χ1v) is 10.7. The van der Waals surface area contributed by atoms with Gasteiger partial charge >= 0.3 is 0 Å². The molecule has 1 aliphatic rings. The topological polar surface area (TPSA) is 93.4 Å². The summed E-state index contributed by atoms with van der Waals surface area (Å²) < 4.78 is 28.3. The number of fused-ring (bicyclic) bond motifs is 1. The molecule has 1 heterocycles. The molecule has 0 bridgehead atoms. The number of rotatable bonds is 5. The van der Waals surface area contributed by atoms with Gasteiger partial charge in [-0.2, -0.15) is 0 Å². The molecule has 0 saturated carbocycles.